The molecule has 1 N–H and O–H groups in total. The van der Waals surface area contributed by atoms with Crippen molar-refractivity contribution >= 4 is 11.3 Å². The van der Waals surface area contributed by atoms with Crippen molar-refractivity contribution in [3.05, 3.63) is 21.9 Å². The first-order valence-electron chi connectivity index (χ1n) is 6.69. The van der Waals surface area contributed by atoms with Gasteiger partial charge in [-0.15, -0.1) is 11.3 Å². The van der Waals surface area contributed by atoms with Crippen molar-refractivity contribution in [1.29, 1.82) is 0 Å². The predicted octanol–water partition coefficient (Wildman–Crippen LogP) is 3.19. The Bertz CT molecular complexity index is 342. The molecule has 2 atom stereocenters. The van der Waals surface area contributed by atoms with Crippen LogP contribution in [0.15, 0.2) is 11.4 Å². The van der Waals surface area contributed by atoms with Gasteiger partial charge in [0, 0.05) is 23.5 Å². The van der Waals surface area contributed by atoms with Crippen molar-refractivity contribution in [2.24, 2.45) is 0 Å². The maximum atomic E-state index is 3.72. The lowest BCUT2D eigenvalue weighted by molar-refractivity contribution is 0.289. The Balaban J connectivity index is 1.81. The number of nitrogens with zero attached hydrogens (tertiary/aromatic N) is 1. The summed E-state index contributed by atoms with van der Waals surface area (Å²) in [6.07, 6.45) is 2.76. The molecule has 0 saturated carbocycles. The summed E-state index contributed by atoms with van der Waals surface area (Å²) >= 11 is 1.87. The van der Waals surface area contributed by atoms with Crippen molar-refractivity contribution in [1.82, 2.24) is 10.2 Å². The van der Waals surface area contributed by atoms with E-state index in [1.165, 1.54) is 42.9 Å². The third-order valence-corrected chi connectivity index (χ3v) is 4.76. The first-order chi connectivity index (χ1) is 8.16. The van der Waals surface area contributed by atoms with Gasteiger partial charge < -0.3 is 10.2 Å². The number of likely N-dealkylation sites (tertiary alicyclic amines) is 1. The Kier molecular flexibility index (Phi) is 4.60. The Hall–Kier alpha value is -0.380. The SMILES string of the molecule is Cc1ccsc1C(C)NC(C)CN1CCCC1. The van der Waals surface area contributed by atoms with Crippen LogP contribution in [-0.2, 0) is 0 Å². The molecule has 1 aliphatic heterocycles. The van der Waals surface area contributed by atoms with E-state index in [9.17, 15) is 0 Å². The summed E-state index contributed by atoms with van der Waals surface area (Å²) in [5, 5.41) is 5.91. The second-order valence-corrected chi connectivity index (χ2v) is 6.21. The van der Waals surface area contributed by atoms with Crippen molar-refractivity contribution in [3.63, 3.8) is 0 Å². The highest BCUT2D eigenvalue weighted by Crippen LogP contribution is 2.23. The summed E-state index contributed by atoms with van der Waals surface area (Å²) in [7, 11) is 0. The summed E-state index contributed by atoms with van der Waals surface area (Å²) in [4.78, 5) is 4.06. The van der Waals surface area contributed by atoms with E-state index in [0.29, 0.717) is 12.1 Å². The lowest BCUT2D eigenvalue weighted by atomic mass is 10.1. The van der Waals surface area contributed by atoms with Gasteiger partial charge in [0.2, 0.25) is 0 Å². The molecular formula is C14H24N2S. The Morgan fingerprint density at radius 2 is 2.06 bits per heavy atom. The van der Waals surface area contributed by atoms with Crippen molar-refractivity contribution in [3.8, 4) is 0 Å². The molecule has 3 heteroatoms. The van der Waals surface area contributed by atoms with E-state index in [2.05, 4.69) is 42.4 Å². The van der Waals surface area contributed by atoms with Crippen LogP contribution in [0.2, 0.25) is 0 Å². The molecule has 2 nitrogen and oxygen atoms in total. The van der Waals surface area contributed by atoms with Crippen LogP contribution in [0.3, 0.4) is 0 Å². The second-order valence-electron chi connectivity index (χ2n) is 5.26. The maximum absolute atomic E-state index is 3.72. The van der Waals surface area contributed by atoms with Crippen LogP contribution in [0.5, 0.6) is 0 Å². The molecule has 1 fully saturated rings. The molecular weight excluding hydrogens is 228 g/mol. The quantitative estimate of drug-likeness (QED) is 0.866. The molecule has 0 radical (unpaired) electrons. The molecule has 0 bridgehead atoms. The van der Waals surface area contributed by atoms with Gasteiger partial charge in [0.25, 0.3) is 0 Å². The van der Waals surface area contributed by atoms with Crippen molar-refractivity contribution in [2.45, 2.75) is 45.7 Å². The van der Waals surface area contributed by atoms with Gasteiger partial charge in [0.1, 0.15) is 0 Å². The standard InChI is InChI=1S/C14H24N2S/c1-11-6-9-17-14(11)13(3)15-12(2)10-16-7-4-5-8-16/h6,9,12-13,15H,4-5,7-8,10H2,1-3H3. The van der Waals surface area contributed by atoms with Crippen LogP contribution in [0.4, 0.5) is 0 Å². The lowest BCUT2D eigenvalue weighted by Gasteiger charge is -2.24. The third-order valence-electron chi connectivity index (χ3n) is 3.56. The molecule has 1 aromatic heterocycles. The number of aryl methyl sites for hydroxylation is 1. The van der Waals surface area contributed by atoms with Gasteiger partial charge >= 0.3 is 0 Å². The monoisotopic (exact) mass is 252 g/mol. The van der Waals surface area contributed by atoms with Crippen molar-refractivity contribution < 1.29 is 0 Å². The number of hydrogen-bond acceptors (Lipinski definition) is 3. The molecule has 17 heavy (non-hydrogen) atoms. The minimum absolute atomic E-state index is 0.479. The summed E-state index contributed by atoms with van der Waals surface area (Å²) in [5.41, 5.74) is 1.42. The summed E-state index contributed by atoms with van der Waals surface area (Å²) in [6.45, 7) is 10.6. The van der Waals surface area contributed by atoms with E-state index in [4.69, 9.17) is 0 Å². The summed E-state index contributed by atoms with van der Waals surface area (Å²) in [5.74, 6) is 0. The summed E-state index contributed by atoms with van der Waals surface area (Å²) in [6, 6.07) is 3.26. The van der Waals surface area contributed by atoms with Crippen LogP contribution in [-0.4, -0.2) is 30.6 Å². The van der Waals surface area contributed by atoms with E-state index in [0.717, 1.165) is 0 Å². The third kappa shape index (κ3) is 3.54. The second kappa shape index (κ2) is 5.98. The highest BCUT2D eigenvalue weighted by Gasteiger charge is 2.17. The fraction of sp³-hybridized carbons (Fsp3) is 0.714. The summed E-state index contributed by atoms with van der Waals surface area (Å²) < 4.78 is 0. The van der Waals surface area contributed by atoms with Crippen LogP contribution < -0.4 is 5.32 Å². The molecule has 0 aromatic carbocycles. The van der Waals surface area contributed by atoms with Crippen LogP contribution in [0.1, 0.15) is 43.2 Å². The number of hydrogen-bond donors (Lipinski definition) is 1. The number of nitrogens with one attached hydrogen (secondary N) is 1. The molecule has 1 saturated heterocycles. The topological polar surface area (TPSA) is 15.3 Å². The molecule has 0 aliphatic carbocycles. The molecule has 0 amide bonds. The van der Waals surface area contributed by atoms with Gasteiger partial charge in [-0.25, -0.2) is 0 Å². The van der Waals surface area contributed by atoms with Crippen LogP contribution >= 0.6 is 11.3 Å². The van der Waals surface area contributed by atoms with E-state index in [1.54, 1.807) is 0 Å². The van der Waals surface area contributed by atoms with E-state index < -0.39 is 0 Å². The average molecular weight is 252 g/mol. The minimum Gasteiger partial charge on any atom is -0.306 e. The minimum atomic E-state index is 0.479. The lowest BCUT2D eigenvalue weighted by Crippen LogP contribution is -2.39. The van der Waals surface area contributed by atoms with Gasteiger partial charge in [-0.3, -0.25) is 0 Å². The molecule has 2 unspecified atom stereocenters. The molecule has 2 heterocycles. The number of rotatable bonds is 5. The fourth-order valence-corrected chi connectivity index (χ4v) is 3.68. The van der Waals surface area contributed by atoms with Crippen LogP contribution in [0.25, 0.3) is 0 Å². The molecule has 1 aromatic rings. The zero-order valence-electron chi connectivity index (χ0n) is 11.2. The zero-order valence-corrected chi connectivity index (χ0v) is 12.0. The smallest absolute Gasteiger partial charge is 0.0391 e. The molecule has 96 valence electrons. The van der Waals surface area contributed by atoms with Crippen LogP contribution in [0, 0.1) is 6.92 Å². The normalized spacial score (nSPS) is 20.6. The van der Waals surface area contributed by atoms with Gasteiger partial charge in [-0.2, -0.15) is 0 Å². The van der Waals surface area contributed by atoms with Gasteiger partial charge in [-0.1, -0.05) is 0 Å². The number of thiophene rings is 1. The van der Waals surface area contributed by atoms with E-state index >= 15 is 0 Å². The van der Waals surface area contributed by atoms with Crippen molar-refractivity contribution in [2.75, 3.05) is 19.6 Å². The Morgan fingerprint density at radius 3 is 2.65 bits per heavy atom. The molecule has 1 aliphatic rings. The Labute approximate surface area is 109 Å². The predicted molar refractivity (Wildman–Crippen MR) is 75.7 cm³/mol. The molecule has 2 rings (SSSR count). The first kappa shape index (κ1) is 13.1. The average Bonchev–Trinajstić information content (AvgIpc) is 2.88. The van der Waals surface area contributed by atoms with E-state index in [-0.39, 0.29) is 0 Å². The van der Waals surface area contributed by atoms with E-state index in [1.807, 2.05) is 11.3 Å². The molecule has 0 spiro atoms. The van der Waals surface area contributed by atoms with Gasteiger partial charge in [0.15, 0.2) is 0 Å². The first-order valence-corrected chi connectivity index (χ1v) is 7.57. The van der Waals surface area contributed by atoms with Gasteiger partial charge in [0.05, 0.1) is 0 Å². The Morgan fingerprint density at radius 1 is 1.35 bits per heavy atom. The fourth-order valence-electron chi connectivity index (χ4n) is 2.74. The maximum Gasteiger partial charge on any atom is 0.0391 e. The largest absolute Gasteiger partial charge is 0.306 e. The highest BCUT2D eigenvalue weighted by atomic mass is 32.1. The van der Waals surface area contributed by atoms with Gasteiger partial charge in [-0.05, 0) is 63.7 Å². The highest BCUT2D eigenvalue weighted by molar-refractivity contribution is 7.10. The zero-order chi connectivity index (χ0) is 12.3.